The van der Waals surface area contributed by atoms with Gasteiger partial charge >= 0.3 is 0 Å². The molecule has 2 aromatic rings. The van der Waals surface area contributed by atoms with Crippen LogP contribution in [0.5, 0.6) is 11.8 Å². The number of aromatic nitrogens is 2. The van der Waals surface area contributed by atoms with Crippen LogP contribution in [0.2, 0.25) is 5.02 Å². The van der Waals surface area contributed by atoms with Crippen LogP contribution in [0.4, 0.5) is 0 Å². The van der Waals surface area contributed by atoms with Gasteiger partial charge in [-0.2, -0.15) is 4.98 Å². The lowest BCUT2D eigenvalue weighted by Crippen LogP contribution is -2.17. The van der Waals surface area contributed by atoms with Gasteiger partial charge in [0.2, 0.25) is 11.8 Å². The topological polar surface area (TPSA) is 70.3 Å². The van der Waals surface area contributed by atoms with Crippen molar-refractivity contribution in [1.82, 2.24) is 9.97 Å². The Balaban J connectivity index is 2.47. The Morgan fingerprint density at radius 1 is 1.30 bits per heavy atom. The number of methoxy groups -OCH3 is 2. The first kappa shape index (κ1) is 15.3. The summed E-state index contributed by atoms with van der Waals surface area (Å²) < 4.78 is 11.3. The molecule has 1 aromatic heterocycles. The molecule has 0 spiro atoms. The Kier molecular flexibility index (Phi) is 5.00. The standard InChI is InChI=1S/C13H13ClIN3O2/c1-19-10-6-17-12(13(18-10)20-2)11(16)8-5-7(14)3-4-9(8)15/h3-6,11H,16H2,1-2H3. The molecule has 20 heavy (non-hydrogen) atoms. The highest BCUT2D eigenvalue weighted by Gasteiger charge is 2.20. The van der Waals surface area contributed by atoms with Crippen molar-refractivity contribution in [1.29, 1.82) is 0 Å². The third-order valence-corrected chi connectivity index (χ3v) is 3.95. The normalized spacial score (nSPS) is 12.1. The van der Waals surface area contributed by atoms with Crippen molar-refractivity contribution in [3.05, 3.63) is 44.2 Å². The molecule has 1 heterocycles. The van der Waals surface area contributed by atoms with Gasteiger partial charge < -0.3 is 15.2 Å². The zero-order valence-corrected chi connectivity index (χ0v) is 13.8. The second-order valence-electron chi connectivity index (χ2n) is 3.95. The van der Waals surface area contributed by atoms with Gasteiger partial charge in [-0.05, 0) is 46.4 Å². The predicted molar refractivity (Wildman–Crippen MR) is 85.3 cm³/mol. The molecule has 1 aromatic carbocycles. The molecule has 5 nitrogen and oxygen atoms in total. The summed E-state index contributed by atoms with van der Waals surface area (Å²) in [4.78, 5) is 8.47. The molecule has 2 N–H and O–H groups in total. The molecular weight excluding hydrogens is 393 g/mol. The number of hydrogen-bond acceptors (Lipinski definition) is 5. The zero-order valence-electron chi connectivity index (χ0n) is 10.9. The van der Waals surface area contributed by atoms with Crippen LogP contribution in [-0.2, 0) is 0 Å². The average Bonchev–Trinajstić information content (AvgIpc) is 2.48. The highest BCUT2D eigenvalue weighted by Crippen LogP contribution is 2.30. The number of hydrogen-bond donors (Lipinski definition) is 1. The molecule has 0 amide bonds. The van der Waals surface area contributed by atoms with E-state index >= 15 is 0 Å². The lowest BCUT2D eigenvalue weighted by molar-refractivity contribution is 0.355. The molecule has 0 saturated carbocycles. The van der Waals surface area contributed by atoms with E-state index in [1.54, 1.807) is 0 Å². The van der Waals surface area contributed by atoms with E-state index in [-0.39, 0.29) is 0 Å². The van der Waals surface area contributed by atoms with E-state index in [1.807, 2.05) is 18.2 Å². The fraction of sp³-hybridized carbons (Fsp3) is 0.231. The quantitative estimate of drug-likeness (QED) is 0.792. The van der Waals surface area contributed by atoms with Gasteiger partial charge in [-0.1, -0.05) is 11.6 Å². The van der Waals surface area contributed by atoms with Crippen molar-refractivity contribution in [2.24, 2.45) is 5.73 Å². The molecule has 0 radical (unpaired) electrons. The Morgan fingerprint density at radius 2 is 2.05 bits per heavy atom. The van der Waals surface area contributed by atoms with Crippen molar-refractivity contribution in [3.8, 4) is 11.8 Å². The Bertz CT molecular complexity index is 625. The molecule has 1 atom stereocenters. The van der Waals surface area contributed by atoms with Crippen LogP contribution in [0, 0.1) is 3.57 Å². The summed E-state index contributed by atoms with van der Waals surface area (Å²) in [6, 6.07) is 5.06. The number of nitrogens with zero attached hydrogens (tertiary/aromatic N) is 2. The molecule has 0 fully saturated rings. The number of nitrogens with two attached hydrogens (primary N) is 1. The van der Waals surface area contributed by atoms with Crippen LogP contribution < -0.4 is 15.2 Å². The third-order valence-electron chi connectivity index (χ3n) is 2.74. The zero-order chi connectivity index (χ0) is 14.7. The molecule has 0 saturated heterocycles. The summed E-state index contributed by atoms with van der Waals surface area (Å²) in [5, 5.41) is 0.622. The summed E-state index contributed by atoms with van der Waals surface area (Å²) >= 11 is 8.23. The molecule has 106 valence electrons. The van der Waals surface area contributed by atoms with E-state index in [1.165, 1.54) is 20.4 Å². The van der Waals surface area contributed by atoms with Crippen LogP contribution >= 0.6 is 34.2 Å². The Hall–Kier alpha value is -1.12. The number of benzene rings is 1. The average molecular weight is 406 g/mol. The van der Waals surface area contributed by atoms with Gasteiger partial charge in [0.1, 0.15) is 5.69 Å². The largest absolute Gasteiger partial charge is 0.480 e. The molecule has 1 unspecified atom stereocenters. The van der Waals surface area contributed by atoms with Crippen molar-refractivity contribution in [2.45, 2.75) is 6.04 Å². The van der Waals surface area contributed by atoms with Gasteiger partial charge in [0.05, 0.1) is 26.5 Å². The monoisotopic (exact) mass is 405 g/mol. The molecule has 2 rings (SSSR count). The molecular formula is C13H13ClIN3O2. The van der Waals surface area contributed by atoms with Gasteiger partial charge in [0.25, 0.3) is 0 Å². The van der Waals surface area contributed by atoms with Gasteiger partial charge in [0.15, 0.2) is 0 Å². The summed E-state index contributed by atoms with van der Waals surface area (Å²) in [7, 11) is 3.03. The van der Waals surface area contributed by atoms with E-state index in [9.17, 15) is 0 Å². The van der Waals surface area contributed by atoms with Gasteiger partial charge in [-0.25, -0.2) is 4.98 Å². The molecule has 0 bridgehead atoms. The molecule has 0 aliphatic carbocycles. The second-order valence-corrected chi connectivity index (χ2v) is 5.55. The molecule has 0 aliphatic rings. The summed E-state index contributed by atoms with van der Waals surface area (Å²) in [5.74, 6) is 0.714. The van der Waals surface area contributed by atoms with E-state index < -0.39 is 6.04 Å². The lowest BCUT2D eigenvalue weighted by atomic mass is 10.0. The van der Waals surface area contributed by atoms with Crippen LogP contribution in [-0.4, -0.2) is 24.2 Å². The van der Waals surface area contributed by atoms with Gasteiger partial charge in [-0.3, -0.25) is 0 Å². The van der Waals surface area contributed by atoms with Gasteiger partial charge in [0, 0.05) is 8.59 Å². The van der Waals surface area contributed by atoms with Crippen molar-refractivity contribution in [2.75, 3.05) is 14.2 Å². The van der Waals surface area contributed by atoms with Crippen LogP contribution in [0.25, 0.3) is 0 Å². The van der Waals surface area contributed by atoms with Crippen LogP contribution in [0.1, 0.15) is 17.3 Å². The highest BCUT2D eigenvalue weighted by molar-refractivity contribution is 14.1. The van der Waals surface area contributed by atoms with E-state index in [0.29, 0.717) is 22.5 Å². The predicted octanol–water partition coefficient (Wildman–Crippen LogP) is 2.80. The van der Waals surface area contributed by atoms with Crippen molar-refractivity contribution >= 4 is 34.2 Å². The summed E-state index contributed by atoms with van der Waals surface area (Å²) in [6.07, 6.45) is 1.51. The third kappa shape index (κ3) is 3.13. The Labute approximate surface area is 135 Å². The SMILES string of the molecule is COc1cnc(C(N)c2cc(Cl)ccc2I)c(OC)n1. The lowest BCUT2D eigenvalue weighted by Gasteiger charge is -2.16. The Morgan fingerprint density at radius 3 is 2.70 bits per heavy atom. The van der Waals surface area contributed by atoms with E-state index in [4.69, 9.17) is 26.8 Å². The maximum Gasteiger partial charge on any atom is 0.240 e. The van der Waals surface area contributed by atoms with Crippen LogP contribution in [0.3, 0.4) is 0 Å². The maximum absolute atomic E-state index is 6.27. The molecule has 0 aliphatic heterocycles. The first-order valence-corrected chi connectivity index (χ1v) is 7.18. The van der Waals surface area contributed by atoms with E-state index in [0.717, 1.165) is 9.13 Å². The molecule has 7 heteroatoms. The van der Waals surface area contributed by atoms with Crippen molar-refractivity contribution < 1.29 is 9.47 Å². The first-order chi connectivity index (χ1) is 9.56. The minimum Gasteiger partial charge on any atom is -0.480 e. The fourth-order valence-corrected chi connectivity index (χ4v) is 2.58. The fourth-order valence-electron chi connectivity index (χ4n) is 1.73. The maximum atomic E-state index is 6.27. The minimum atomic E-state index is -0.478. The second kappa shape index (κ2) is 6.55. The first-order valence-electron chi connectivity index (χ1n) is 5.72. The van der Waals surface area contributed by atoms with Crippen LogP contribution in [0.15, 0.2) is 24.4 Å². The van der Waals surface area contributed by atoms with Gasteiger partial charge in [-0.15, -0.1) is 0 Å². The number of halogens is 2. The number of ether oxygens (including phenoxy) is 2. The van der Waals surface area contributed by atoms with Crippen molar-refractivity contribution in [3.63, 3.8) is 0 Å². The van der Waals surface area contributed by atoms with E-state index in [2.05, 4.69) is 32.6 Å². The smallest absolute Gasteiger partial charge is 0.240 e. The summed E-state index contributed by atoms with van der Waals surface area (Å²) in [5.41, 5.74) is 7.67. The minimum absolute atomic E-state index is 0.340. The summed E-state index contributed by atoms with van der Waals surface area (Å²) in [6.45, 7) is 0. The highest BCUT2D eigenvalue weighted by atomic mass is 127. The number of rotatable bonds is 4.